The zero-order valence-corrected chi connectivity index (χ0v) is 15.0. The molecule has 0 unspecified atom stereocenters. The summed E-state index contributed by atoms with van der Waals surface area (Å²) in [5, 5.41) is 3.16. The number of anilines is 1. The molecule has 0 aromatic carbocycles. The molecule has 6 nitrogen and oxygen atoms in total. The van der Waals surface area contributed by atoms with E-state index in [0.717, 1.165) is 30.0 Å². The van der Waals surface area contributed by atoms with E-state index in [1.54, 1.807) is 18.6 Å². The molecule has 1 amide bonds. The summed E-state index contributed by atoms with van der Waals surface area (Å²) in [7, 11) is 0. The maximum Gasteiger partial charge on any atom is 0.255 e. The molecule has 1 fully saturated rings. The van der Waals surface area contributed by atoms with Crippen LogP contribution in [0, 0.1) is 0 Å². The number of rotatable bonds is 6. The fourth-order valence-corrected chi connectivity index (χ4v) is 2.83. The molecule has 3 rings (SSSR count). The van der Waals surface area contributed by atoms with Gasteiger partial charge in [0.15, 0.2) is 0 Å². The molecule has 26 heavy (non-hydrogen) atoms. The SMILES string of the molecule is C=C(C)CNc1ccc(C(=O)N2CCC(Oc3cccnc3)CC2)cn1. The number of hydrogen-bond acceptors (Lipinski definition) is 5. The number of ether oxygens (including phenoxy) is 1. The third-order valence-corrected chi connectivity index (χ3v) is 4.25. The predicted octanol–water partition coefficient (Wildman–Crippen LogP) is 3.15. The number of piperidine rings is 1. The molecule has 1 saturated heterocycles. The summed E-state index contributed by atoms with van der Waals surface area (Å²) in [5.74, 6) is 1.54. The van der Waals surface area contributed by atoms with Crippen LogP contribution in [0.1, 0.15) is 30.1 Å². The third kappa shape index (κ3) is 4.81. The van der Waals surface area contributed by atoms with Crippen molar-refractivity contribution in [2.45, 2.75) is 25.9 Å². The van der Waals surface area contributed by atoms with Crippen LogP contribution in [-0.4, -0.2) is 46.5 Å². The van der Waals surface area contributed by atoms with E-state index in [4.69, 9.17) is 4.74 Å². The maximum atomic E-state index is 12.6. The lowest BCUT2D eigenvalue weighted by molar-refractivity contribution is 0.0594. The van der Waals surface area contributed by atoms with Gasteiger partial charge in [-0.2, -0.15) is 0 Å². The zero-order chi connectivity index (χ0) is 18.4. The van der Waals surface area contributed by atoms with Crippen LogP contribution >= 0.6 is 0 Å². The van der Waals surface area contributed by atoms with Crippen LogP contribution in [0.25, 0.3) is 0 Å². The van der Waals surface area contributed by atoms with Crippen molar-refractivity contribution >= 4 is 11.7 Å². The Morgan fingerprint density at radius 2 is 2.12 bits per heavy atom. The number of hydrogen-bond donors (Lipinski definition) is 1. The molecule has 0 aliphatic carbocycles. The Hall–Kier alpha value is -2.89. The molecule has 0 spiro atoms. The maximum absolute atomic E-state index is 12.6. The van der Waals surface area contributed by atoms with Crippen molar-refractivity contribution in [3.63, 3.8) is 0 Å². The minimum absolute atomic E-state index is 0.0174. The first-order chi connectivity index (χ1) is 12.6. The van der Waals surface area contributed by atoms with E-state index in [0.29, 0.717) is 25.2 Å². The van der Waals surface area contributed by atoms with Crippen LogP contribution < -0.4 is 10.1 Å². The van der Waals surface area contributed by atoms with E-state index < -0.39 is 0 Å². The number of carbonyl (C=O) groups is 1. The second-order valence-electron chi connectivity index (χ2n) is 6.54. The molecule has 3 heterocycles. The van der Waals surface area contributed by atoms with E-state index in [1.165, 1.54) is 0 Å². The number of nitrogens with one attached hydrogen (secondary N) is 1. The molecule has 1 aliphatic rings. The van der Waals surface area contributed by atoms with Crippen LogP contribution in [0.2, 0.25) is 0 Å². The highest BCUT2D eigenvalue weighted by atomic mass is 16.5. The van der Waals surface area contributed by atoms with Gasteiger partial charge in [-0.1, -0.05) is 12.2 Å². The molecule has 0 atom stereocenters. The first kappa shape index (κ1) is 17.9. The smallest absolute Gasteiger partial charge is 0.255 e. The van der Waals surface area contributed by atoms with Gasteiger partial charge < -0.3 is 15.0 Å². The summed E-state index contributed by atoms with van der Waals surface area (Å²) >= 11 is 0. The fraction of sp³-hybridized carbons (Fsp3) is 0.350. The minimum atomic E-state index is 0.0174. The predicted molar refractivity (Wildman–Crippen MR) is 101 cm³/mol. The number of carbonyl (C=O) groups excluding carboxylic acids is 1. The standard InChI is InChI=1S/C20H24N4O2/c1-15(2)12-22-19-6-5-16(13-23-19)20(25)24-10-7-17(8-11-24)26-18-4-3-9-21-14-18/h3-6,9,13-14,17H,1,7-8,10-12H2,2H3,(H,22,23). The molecule has 0 radical (unpaired) electrons. The van der Waals surface area contributed by atoms with E-state index in [1.807, 2.05) is 36.1 Å². The van der Waals surface area contributed by atoms with Crippen molar-refractivity contribution in [1.82, 2.24) is 14.9 Å². The Kier molecular flexibility index (Phi) is 5.84. The lowest BCUT2D eigenvalue weighted by Gasteiger charge is -2.32. The second-order valence-corrected chi connectivity index (χ2v) is 6.54. The third-order valence-electron chi connectivity index (χ3n) is 4.25. The van der Waals surface area contributed by atoms with E-state index in [-0.39, 0.29) is 12.0 Å². The van der Waals surface area contributed by atoms with E-state index in [9.17, 15) is 4.79 Å². The van der Waals surface area contributed by atoms with Crippen molar-refractivity contribution in [1.29, 1.82) is 0 Å². The van der Waals surface area contributed by atoms with Crippen molar-refractivity contribution in [3.05, 3.63) is 60.6 Å². The van der Waals surface area contributed by atoms with E-state index in [2.05, 4.69) is 21.9 Å². The Morgan fingerprint density at radius 1 is 1.31 bits per heavy atom. The summed E-state index contributed by atoms with van der Waals surface area (Å²) < 4.78 is 5.92. The molecule has 1 N–H and O–H groups in total. The van der Waals surface area contributed by atoms with Gasteiger partial charge in [0.25, 0.3) is 5.91 Å². The highest BCUT2D eigenvalue weighted by Crippen LogP contribution is 2.19. The van der Waals surface area contributed by atoms with Crippen molar-refractivity contribution < 1.29 is 9.53 Å². The summed E-state index contributed by atoms with van der Waals surface area (Å²) in [5.41, 5.74) is 1.64. The van der Waals surface area contributed by atoms with Crippen LogP contribution in [0.5, 0.6) is 5.75 Å². The van der Waals surface area contributed by atoms with Crippen LogP contribution in [0.4, 0.5) is 5.82 Å². The molecule has 1 aliphatic heterocycles. The molecule has 2 aromatic rings. The Morgan fingerprint density at radius 3 is 2.73 bits per heavy atom. The first-order valence-corrected chi connectivity index (χ1v) is 8.82. The summed E-state index contributed by atoms with van der Waals surface area (Å²) in [6, 6.07) is 7.40. The average Bonchev–Trinajstić information content (AvgIpc) is 2.68. The van der Waals surface area contributed by atoms with Gasteiger partial charge >= 0.3 is 0 Å². The summed E-state index contributed by atoms with van der Waals surface area (Å²) in [6.45, 7) is 7.83. The normalized spacial score (nSPS) is 14.7. The number of nitrogens with zero attached hydrogens (tertiary/aromatic N) is 3. The quantitative estimate of drug-likeness (QED) is 0.809. The molecular formula is C20H24N4O2. The monoisotopic (exact) mass is 352 g/mol. The van der Waals surface area contributed by atoms with Crippen molar-refractivity contribution in [3.8, 4) is 5.75 Å². The van der Waals surface area contributed by atoms with Gasteiger partial charge in [0.1, 0.15) is 17.7 Å². The average molecular weight is 352 g/mol. The zero-order valence-electron chi connectivity index (χ0n) is 15.0. The largest absolute Gasteiger partial charge is 0.489 e. The van der Waals surface area contributed by atoms with Crippen LogP contribution in [-0.2, 0) is 0 Å². The minimum Gasteiger partial charge on any atom is -0.489 e. The Bertz CT molecular complexity index is 738. The van der Waals surface area contributed by atoms with Gasteiger partial charge in [-0.05, 0) is 31.2 Å². The van der Waals surface area contributed by atoms with Gasteiger partial charge in [0.2, 0.25) is 0 Å². The van der Waals surface area contributed by atoms with Gasteiger partial charge in [0, 0.05) is 44.9 Å². The second kappa shape index (κ2) is 8.47. The first-order valence-electron chi connectivity index (χ1n) is 8.82. The van der Waals surface area contributed by atoms with Crippen molar-refractivity contribution in [2.24, 2.45) is 0 Å². The number of aromatic nitrogens is 2. The summed E-state index contributed by atoms with van der Waals surface area (Å²) in [4.78, 5) is 22.9. The molecule has 0 saturated carbocycles. The van der Waals surface area contributed by atoms with Crippen molar-refractivity contribution in [2.75, 3.05) is 25.0 Å². The molecule has 6 heteroatoms. The van der Waals surface area contributed by atoms with E-state index >= 15 is 0 Å². The highest BCUT2D eigenvalue weighted by Gasteiger charge is 2.24. The number of pyridine rings is 2. The molecule has 0 bridgehead atoms. The fourth-order valence-electron chi connectivity index (χ4n) is 2.83. The molecule has 2 aromatic heterocycles. The Labute approximate surface area is 153 Å². The Balaban J connectivity index is 1.51. The van der Waals surface area contributed by atoms with Gasteiger partial charge in [0.05, 0.1) is 11.8 Å². The molecular weight excluding hydrogens is 328 g/mol. The number of amides is 1. The van der Waals surface area contributed by atoms with Gasteiger partial charge in [-0.3, -0.25) is 9.78 Å². The summed E-state index contributed by atoms with van der Waals surface area (Å²) in [6.07, 6.45) is 6.81. The molecule has 136 valence electrons. The highest BCUT2D eigenvalue weighted by molar-refractivity contribution is 5.94. The topological polar surface area (TPSA) is 67.4 Å². The van der Waals surface area contributed by atoms with Crippen LogP contribution in [0.3, 0.4) is 0 Å². The lowest BCUT2D eigenvalue weighted by atomic mass is 10.1. The van der Waals surface area contributed by atoms with Gasteiger partial charge in [-0.25, -0.2) is 4.98 Å². The van der Waals surface area contributed by atoms with Gasteiger partial charge in [-0.15, -0.1) is 0 Å². The lowest BCUT2D eigenvalue weighted by Crippen LogP contribution is -2.41. The van der Waals surface area contributed by atoms with Crippen LogP contribution in [0.15, 0.2) is 55.0 Å². The number of likely N-dealkylation sites (tertiary alicyclic amines) is 1.